The largest absolute Gasteiger partial charge is 0.375 e. The predicted octanol–water partition coefficient (Wildman–Crippen LogP) is 1.96. The summed E-state index contributed by atoms with van der Waals surface area (Å²) in [4.78, 5) is 4.53. The average molecular weight is 249 g/mol. The Labute approximate surface area is 112 Å². The summed E-state index contributed by atoms with van der Waals surface area (Å²) in [5.41, 5.74) is 8.40. The third-order valence-corrected chi connectivity index (χ3v) is 3.03. The Morgan fingerprint density at radius 3 is 2.17 bits per heavy atom. The average Bonchev–Trinajstić information content (AvgIpc) is 2.28. The van der Waals surface area contributed by atoms with E-state index in [1.54, 1.807) is 0 Å². The van der Waals surface area contributed by atoms with E-state index in [0.29, 0.717) is 0 Å². The second-order valence-electron chi connectivity index (χ2n) is 5.43. The van der Waals surface area contributed by atoms with Gasteiger partial charge in [-0.05, 0) is 58.1 Å². The van der Waals surface area contributed by atoms with Crippen LogP contribution in [0.3, 0.4) is 0 Å². The van der Waals surface area contributed by atoms with Crippen molar-refractivity contribution in [2.45, 2.75) is 25.8 Å². The van der Waals surface area contributed by atoms with Gasteiger partial charge in [0, 0.05) is 25.3 Å². The number of rotatable bonds is 7. The van der Waals surface area contributed by atoms with Crippen molar-refractivity contribution < 1.29 is 0 Å². The van der Waals surface area contributed by atoms with Crippen LogP contribution in [0.1, 0.15) is 18.9 Å². The summed E-state index contributed by atoms with van der Waals surface area (Å²) in [5, 5.41) is 0. The van der Waals surface area contributed by atoms with Crippen LogP contribution in [0, 0.1) is 0 Å². The van der Waals surface area contributed by atoms with Crippen molar-refractivity contribution in [1.82, 2.24) is 4.90 Å². The molecule has 0 aliphatic carbocycles. The fourth-order valence-electron chi connectivity index (χ4n) is 2.01. The summed E-state index contributed by atoms with van der Waals surface area (Å²) in [6.45, 7) is 4.26. The molecule has 0 fully saturated rings. The molecule has 2 N–H and O–H groups in total. The van der Waals surface area contributed by atoms with E-state index in [9.17, 15) is 0 Å². The van der Waals surface area contributed by atoms with Gasteiger partial charge in [0.1, 0.15) is 0 Å². The van der Waals surface area contributed by atoms with E-state index in [0.717, 1.165) is 19.5 Å². The molecule has 0 spiro atoms. The van der Waals surface area contributed by atoms with Gasteiger partial charge in [-0.25, -0.2) is 0 Å². The third kappa shape index (κ3) is 5.52. The molecular weight excluding hydrogens is 222 g/mol. The molecule has 0 aliphatic heterocycles. The Morgan fingerprint density at radius 2 is 1.67 bits per heavy atom. The zero-order valence-corrected chi connectivity index (χ0v) is 12.2. The van der Waals surface area contributed by atoms with Crippen LogP contribution in [0.15, 0.2) is 24.3 Å². The van der Waals surface area contributed by atoms with Crippen LogP contribution >= 0.6 is 0 Å². The van der Waals surface area contributed by atoms with E-state index in [1.165, 1.54) is 17.7 Å². The van der Waals surface area contributed by atoms with E-state index >= 15 is 0 Å². The quantitative estimate of drug-likeness (QED) is 0.802. The van der Waals surface area contributed by atoms with Gasteiger partial charge >= 0.3 is 0 Å². The minimum Gasteiger partial charge on any atom is -0.375 e. The summed E-state index contributed by atoms with van der Waals surface area (Å²) in [7, 11) is 6.38. The van der Waals surface area contributed by atoms with Gasteiger partial charge < -0.3 is 15.5 Å². The van der Waals surface area contributed by atoms with Crippen molar-refractivity contribution in [3.8, 4) is 0 Å². The van der Waals surface area contributed by atoms with Crippen LogP contribution in [0.25, 0.3) is 0 Å². The molecule has 1 rings (SSSR count). The van der Waals surface area contributed by atoms with E-state index in [4.69, 9.17) is 5.73 Å². The highest BCUT2D eigenvalue weighted by molar-refractivity contribution is 5.46. The van der Waals surface area contributed by atoms with Gasteiger partial charge in [0.05, 0.1) is 0 Å². The highest BCUT2D eigenvalue weighted by Gasteiger charge is 2.02. The molecule has 1 aromatic rings. The number of anilines is 1. The molecule has 0 aliphatic rings. The van der Waals surface area contributed by atoms with Crippen molar-refractivity contribution in [3.05, 3.63) is 29.8 Å². The lowest BCUT2D eigenvalue weighted by atomic mass is 10.1. The van der Waals surface area contributed by atoms with Crippen LogP contribution in [0.5, 0.6) is 0 Å². The minimum absolute atomic E-state index is 0.230. The molecule has 0 saturated heterocycles. The Balaban J connectivity index is 2.46. The van der Waals surface area contributed by atoms with Gasteiger partial charge in [-0.2, -0.15) is 0 Å². The van der Waals surface area contributed by atoms with E-state index in [-0.39, 0.29) is 6.04 Å². The molecule has 3 nitrogen and oxygen atoms in total. The Kier molecular flexibility index (Phi) is 6.16. The second-order valence-corrected chi connectivity index (χ2v) is 5.43. The number of hydrogen-bond acceptors (Lipinski definition) is 3. The van der Waals surface area contributed by atoms with Gasteiger partial charge in [0.15, 0.2) is 0 Å². The lowest BCUT2D eigenvalue weighted by molar-refractivity contribution is 0.401. The van der Waals surface area contributed by atoms with Crippen LogP contribution in [0.4, 0.5) is 5.69 Å². The zero-order valence-electron chi connectivity index (χ0n) is 12.2. The van der Waals surface area contributed by atoms with Crippen LogP contribution in [0.2, 0.25) is 0 Å². The Hall–Kier alpha value is -1.06. The number of hydrogen-bond donors (Lipinski definition) is 1. The molecule has 3 heteroatoms. The van der Waals surface area contributed by atoms with Gasteiger partial charge in [0.2, 0.25) is 0 Å². The normalized spacial score (nSPS) is 12.8. The first kappa shape index (κ1) is 15.0. The first-order chi connectivity index (χ1) is 8.49. The Bertz CT molecular complexity index is 330. The summed E-state index contributed by atoms with van der Waals surface area (Å²) >= 11 is 0. The molecule has 1 atom stereocenters. The van der Waals surface area contributed by atoms with E-state index in [2.05, 4.69) is 55.2 Å². The van der Waals surface area contributed by atoms with Gasteiger partial charge in [-0.15, -0.1) is 0 Å². The third-order valence-electron chi connectivity index (χ3n) is 3.03. The maximum Gasteiger partial charge on any atom is 0.0363 e. The highest BCUT2D eigenvalue weighted by atomic mass is 15.1. The molecule has 0 amide bonds. The standard InChI is InChI=1S/C15H27N3/c1-13(16)12-14-6-8-15(9-7-14)18(4)11-5-10-17(2)3/h6-9,13H,5,10-12,16H2,1-4H3. The van der Waals surface area contributed by atoms with Gasteiger partial charge in [0.25, 0.3) is 0 Å². The SMILES string of the molecule is CC(N)Cc1ccc(N(C)CCCN(C)C)cc1. The molecule has 0 aromatic heterocycles. The molecule has 0 heterocycles. The molecule has 0 saturated carbocycles. The van der Waals surface area contributed by atoms with Crippen molar-refractivity contribution in [1.29, 1.82) is 0 Å². The molecule has 102 valence electrons. The predicted molar refractivity (Wildman–Crippen MR) is 80.2 cm³/mol. The molecule has 0 bridgehead atoms. The monoisotopic (exact) mass is 249 g/mol. The highest BCUT2D eigenvalue weighted by Crippen LogP contribution is 2.14. The van der Waals surface area contributed by atoms with Crippen molar-refractivity contribution >= 4 is 5.69 Å². The maximum absolute atomic E-state index is 5.80. The Morgan fingerprint density at radius 1 is 1.06 bits per heavy atom. The van der Waals surface area contributed by atoms with Crippen LogP contribution < -0.4 is 10.6 Å². The fourth-order valence-corrected chi connectivity index (χ4v) is 2.01. The molecule has 1 aromatic carbocycles. The first-order valence-corrected chi connectivity index (χ1v) is 6.69. The first-order valence-electron chi connectivity index (χ1n) is 6.69. The molecule has 1 unspecified atom stereocenters. The minimum atomic E-state index is 0.230. The number of benzene rings is 1. The summed E-state index contributed by atoms with van der Waals surface area (Å²) < 4.78 is 0. The zero-order chi connectivity index (χ0) is 13.5. The fraction of sp³-hybridized carbons (Fsp3) is 0.600. The second kappa shape index (κ2) is 7.39. The lowest BCUT2D eigenvalue weighted by Gasteiger charge is -2.21. The summed E-state index contributed by atoms with van der Waals surface area (Å²) in [6, 6.07) is 8.97. The van der Waals surface area contributed by atoms with Crippen molar-refractivity contribution in [2.24, 2.45) is 5.73 Å². The van der Waals surface area contributed by atoms with Crippen molar-refractivity contribution in [3.63, 3.8) is 0 Å². The topological polar surface area (TPSA) is 32.5 Å². The van der Waals surface area contributed by atoms with Crippen molar-refractivity contribution in [2.75, 3.05) is 39.1 Å². The lowest BCUT2D eigenvalue weighted by Crippen LogP contribution is -2.23. The maximum atomic E-state index is 5.80. The molecule has 18 heavy (non-hydrogen) atoms. The molecular formula is C15H27N3. The molecule has 0 radical (unpaired) electrons. The number of nitrogens with two attached hydrogens (primary N) is 1. The van der Waals surface area contributed by atoms with Crippen LogP contribution in [-0.4, -0.2) is 45.2 Å². The smallest absolute Gasteiger partial charge is 0.0363 e. The van der Waals surface area contributed by atoms with E-state index < -0.39 is 0 Å². The summed E-state index contributed by atoms with van der Waals surface area (Å²) in [5.74, 6) is 0. The number of nitrogens with zero attached hydrogens (tertiary/aromatic N) is 2. The van der Waals surface area contributed by atoms with E-state index in [1.807, 2.05) is 6.92 Å². The van der Waals surface area contributed by atoms with Gasteiger partial charge in [-0.1, -0.05) is 12.1 Å². The van der Waals surface area contributed by atoms with Gasteiger partial charge in [-0.3, -0.25) is 0 Å². The summed E-state index contributed by atoms with van der Waals surface area (Å²) in [6.07, 6.45) is 2.13. The van der Waals surface area contributed by atoms with Crippen LogP contribution in [-0.2, 0) is 6.42 Å².